The van der Waals surface area contributed by atoms with Gasteiger partial charge in [0.05, 0.1) is 11.7 Å². The van der Waals surface area contributed by atoms with E-state index in [1.165, 1.54) is 19.1 Å². The Morgan fingerprint density at radius 1 is 1.25 bits per heavy atom. The van der Waals surface area contributed by atoms with Gasteiger partial charge < -0.3 is 41.3 Å². The fraction of sp³-hybridized carbons (Fsp3) is 0.450. The molecule has 1 amide bonds. The molecule has 0 unspecified atom stereocenters. The molecule has 16 heteroatoms. The molecular weight excluding hydrogens is 550 g/mol. The highest BCUT2D eigenvalue weighted by atomic mass is 79.9. The number of hydrogen-bond acceptors (Lipinski definition) is 11. The summed E-state index contributed by atoms with van der Waals surface area (Å²) in [7, 11) is 0. The Balaban J connectivity index is 1.76. The summed E-state index contributed by atoms with van der Waals surface area (Å²) >= 11 is 3.01. The number of rotatable bonds is 8. The third-order valence-corrected chi connectivity index (χ3v) is 6.40. The third kappa shape index (κ3) is 5.48. The Morgan fingerprint density at radius 2 is 1.92 bits per heavy atom. The summed E-state index contributed by atoms with van der Waals surface area (Å²) in [5, 5.41) is 52.7. The molecule has 0 saturated carbocycles. The first-order valence-electron chi connectivity index (χ1n) is 10.5. The number of amides is 1. The van der Waals surface area contributed by atoms with Gasteiger partial charge in [-0.05, 0) is 28.1 Å². The molecule has 2 aromatic rings. The van der Waals surface area contributed by atoms with E-state index in [2.05, 4.69) is 26.2 Å². The molecule has 0 aliphatic carbocycles. The zero-order chi connectivity index (χ0) is 26.9. The first-order chi connectivity index (χ1) is 16.8. The Labute approximate surface area is 210 Å². The standard InChI is InChI=1S/C20H24BrN5O10/c1-6(12(29)7-2-3-8(27)16(21)23-7)10(22)17(32)25-11(19(33)34)15-13(30)14(31)18(36-15)26-5-4-9(28)24-20(26)35/h2-6,10-15,18,27,29-31H,22H2,1H3,(H,25,32)(H,33,34)(H,24,28,35)/t6-,10-,11-,12-,13-,14+,15+,18+/m0/s1. The Hall–Kier alpha value is -3.15. The highest BCUT2D eigenvalue weighted by Gasteiger charge is 2.50. The second kappa shape index (κ2) is 10.9. The number of ether oxygens (including phenoxy) is 1. The van der Waals surface area contributed by atoms with Gasteiger partial charge >= 0.3 is 11.7 Å². The Morgan fingerprint density at radius 3 is 2.50 bits per heavy atom. The molecule has 1 saturated heterocycles. The van der Waals surface area contributed by atoms with Gasteiger partial charge in [-0.1, -0.05) is 6.92 Å². The summed E-state index contributed by atoms with van der Waals surface area (Å²) < 4.78 is 6.22. The fourth-order valence-electron chi connectivity index (χ4n) is 3.66. The van der Waals surface area contributed by atoms with Crippen molar-refractivity contribution in [2.24, 2.45) is 11.7 Å². The highest BCUT2D eigenvalue weighted by Crippen LogP contribution is 2.31. The van der Waals surface area contributed by atoms with E-state index in [9.17, 15) is 44.7 Å². The smallest absolute Gasteiger partial charge is 0.330 e. The lowest BCUT2D eigenvalue weighted by molar-refractivity contribution is -0.149. The van der Waals surface area contributed by atoms with E-state index in [-0.39, 0.29) is 16.0 Å². The number of aromatic nitrogens is 3. The number of carbonyl (C=O) groups is 2. The van der Waals surface area contributed by atoms with Crippen molar-refractivity contribution in [2.75, 3.05) is 0 Å². The number of nitrogens with two attached hydrogens (primary N) is 1. The lowest BCUT2D eigenvalue weighted by Gasteiger charge is -2.28. The molecule has 1 aliphatic heterocycles. The second-order valence-corrected chi connectivity index (χ2v) is 8.94. The SMILES string of the molecule is C[C@@H]([C@H](N)C(=O)N[C@H](C(=O)O)[C@H]1O[C@@H](n2ccc(=O)[nH]c2=O)[C@H](O)[C@@H]1O)[C@H](O)c1ccc(O)c(Br)n1. The summed E-state index contributed by atoms with van der Waals surface area (Å²) in [4.78, 5) is 53.9. The average molecular weight is 574 g/mol. The topological polar surface area (TPSA) is 250 Å². The molecule has 1 fully saturated rings. The van der Waals surface area contributed by atoms with Gasteiger partial charge in [0.25, 0.3) is 5.56 Å². The molecule has 0 spiro atoms. The number of hydrogen-bond donors (Lipinski definition) is 8. The predicted molar refractivity (Wildman–Crippen MR) is 123 cm³/mol. The van der Waals surface area contributed by atoms with Crippen molar-refractivity contribution in [3.63, 3.8) is 0 Å². The van der Waals surface area contributed by atoms with Crippen molar-refractivity contribution in [3.8, 4) is 5.75 Å². The molecule has 0 aromatic carbocycles. The molecule has 2 aromatic heterocycles. The van der Waals surface area contributed by atoms with Crippen LogP contribution in [0.25, 0.3) is 0 Å². The molecule has 36 heavy (non-hydrogen) atoms. The van der Waals surface area contributed by atoms with Crippen LogP contribution in [0.1, 0.15) is 24.9 Å². The van der Waals surface area contributed by atoms with Gasteiger partial charge in [0.2, 0.25) is 5.91 Å². The number of aromatic hydroxyl groups is 1. The molecule has 196 valence electrons. The summed E-state index contributed by atoms with van der Waals surface area (Å²) in [6, 6.07) is 0.164. The largest absolute Gasteiger partial charge is 0.505 e. The number of halogens is 1. The van der Waals surface area contributed by atoms with Crippen LogP contribution in [0.2, 0.25) is 0 Å². The molecular formula is C20H24BrN5O10. The summed E-state index contributed by atoms with van der Waals surface area (Å²) in [5.41, 5.74) is 4.32. The van der Waals surface area contributed by atoms with Gasteiger partial charge in [-0.25, -0.2) is 14.6 Å². The van der Waals surface area contributed by atoms with Crippen LogP contribution in [0.5, 0.6) is 5.75 Å². The quantitative estimate of drug-likeness (QED) is 0.150. The van der Waals surface area contributed by atoms with E-state index in [0.29, 0.717) is 0 Å². The Bertz CT molecular complexity index is 1250. The average Bonchev–Trinajstić information content (AvgIpc) is 3.11. The number of carboxylic acids is 1. The predicted octanol–water partition coefficient (Wildman–Crippen LogP) is -2.71. The zero-order valence-electron chi connectivity index (χ0n) is 18.6. The molecule has 0 bridgehead atoms. The minimum Gasteiger partial charge on any atom is -0.505 e. The first-order valence-corrected chi connectivity index (χ1v) is 11.3. The number of H-pyrrole nitrogens is 1. The van der Waals surface area contributed by atoms with Crippen molar-refractivity contribution in [1.82, 2.24) is 19.9 Å². The summed E-state index contributed by atoms with van der Waals surface area (Å²) in [6.07, 6.45) is -7.31. The zero-order valence-corrected chi connectivity index (χ0v) is 20.1. The van der Waals surface area contributed by atoms with E-state index in [1.54, 1.807) is 0 Å². The van der Waals surface area contributed by atoms with E-state index in [4.69, 9.17) is 10.5 Å². The Kier molecular flexibility index (Phi) is 8.27. The second-order valence-electron chi connectivity index (χ2n) is 8.19. The molecule has 15 nitrogen and oxygen atoms in total. The number of nitrogens with zero attached hydrogens (tertiary/aromatic N) is 2. The molecule has 9 N–H and O–H groups in total. The van der Waals surface area contributed by atoms with E-state index < -0.39 is 71.8 Å². The molecule has 8 atom stereocenters. The van der Waals surface area contributed by atoms with E-state index >= 15 is 0 Å². The van der Waals surface area contributed by atoms with Crippen molar-refractivity contribution in [1.29, 1.82) is 0 Å². The molecule has 3 rings (SSSR count). The van der Waals surface area contributed by atoms with Crippen LogP contribution in [0, 0.1) is 5.92 Å². The number of pyridine rings is 1. The van der Waals surface area contributed by atoms with Crippen molar-refractivity contribution >= 4 is 27.8 Å². The number of aromatic amines is 1. The molecule has 1 aliphatic rings. The number of nitrogens with one attached hydrogen (secondary N) is 2. The monoisotopic (exact) mass is 573 g/mol. The normalized spacial score (nSPS) is 25.1. The number of aliphatic hydroxyl groups is 3. The fourth-order valence-corrected chi connectivity index (χ4v) is 4.00. The van der Waals surface area contributed by atoms with Crippen LogP contribution in [0.3, 0.4) is 0 Å². The lowest BCUT2D eigenvalue weighted by Crippen LogP contribution is -2.57. The minimum absolute atomic E-state index is 0.0530. The maximum atomic E-state index is 12.8. The van der Waals surface area contributed by atoms with E-state index in [1.807, 2.05) is 4.98 Å². The van der Waals surface area contributed by atoms with Gasteiger partial charge in [-0.2, -0.15) is 0 Å². The summed E-state index contributed by atoms with van der Waals surface area (Å²) in [6.45, 7) is 1.41. The van der Waals surface area contributed by atoms with Crippen molar-refractivity contribution in [2.45, 2.75) is 49.7 Å². The number of aliphatic hydroxyl groups excluding tert-OH is 3. The van der Waals surface area contributed by atoms with Crippen LogP contribution in [-0.4, -0.2) is 82.3 Å². The van der Waals surface area contributed by atoms with Crippen molar-refractivity contribution in [3.05, 3.63) is 55.5 Å². The van der Waals surface area contributed by atoms with Crippen LogP contribution in [0.4, 0.5) is 0 Å². The number of carboxylic acid groups (broad SMARTS) is 1. The number of carbonyl (C=O) groups excluding carboxylic acids is 1. The van der Waals surface area contributed by atoms with Crippen LogP contribution < -0.4 is 22.3 Å². The van der Waals surface area contributed by atoms with Crippen molar-refractivity contribution < 1.29 is 39.9 Å². The minimum atomic E-state index is -1.91. The number of aliphatic carboxylic acids is 1. The lowest BCUT2D eigenvalue weighted by atomic mass is 9.92. The van der Waals surface area contributed by atoms with Gasteiger partial charge in [0, 0.05) is 18.2 Å². The van der Waals surface area contributed by atoms with Crippen LogP contribution >= 0.6 is 15.9 Å². The summed E-state index contributed by atoms with van der Waals surface area (Å²) in [5.74, 6) is -3.83. The maximum absolute atomic E-state index is 12.8. The van der Waals surface area contributed by atoms with Crippen LogP contribution in [-0.2, 0) is 14.3 Å². The highest BCUT2D eigenvalue weighted by molar-refractivity contribution is 9.10. The maximum Gasteiger partial charge on any atom is 0.330 e. The molecule has 3 heterocycles. The third-order valence-electron chi connectivity index (χ3n) is 5.81. The first kappa shape index (κ1) is 27.4. The van der Waals surface area contributed by atoms with Gasteiger partial charge in [0.1, 0.15) is 34.8 Å². The van der Waals surface area contributed by atoms with Gasteiger partial charge in [0.15, 0.2) is 12.3 Å². The van der Waals surface area contributed by atoms with Crippen LogP contribution in [0.15, 0.2) is 38.6 Å². The molecule has 0 radical (unpaired) electrons. The van der Waals surface area contributed by atoms with Gasteiger partial charge in [-0.3, -0.25) is 19.1 Å². The van der Waals surface area contributed by atoms with Gasteiger partial charge in [-0.15, -0.1) is 0 Å². The van der Waals surface area contributed by atoms with E-state index in [0.717, 1.165) is 16.8 Å².